The van der Waals surface area contributed by atoms with Gasteiger partial charge in [-0.15, -0.1) is 0 Å². The predicted molar refractivity (Wildman–Crippen MR) is 110 cm³/mol. The molecule has 27 heavy (non-hydrogen) atoms. The molecule has 2 N–H and O–H groups in total. The highest BCUT2D eigenvalue weighted by molar-refractivity contribution is 5.84. The van der Waals surface area contributed by atoms with Gasteiger partial charge < -0.3 is 20.3 Å². The molecule has 0 saturated carbocycles. The zero-order valence-electron chi connectivity index (χ0n) is 17.3. The number of guanidine groups is 1. The topological polar surface area (TPSA) is 69.2 Å². The first-order valence-corrected chi connectivity index (χ1v) is 10.2. The molecule has 0 aromatic rings. The maximum absolute atomic E-state index is 11.9. The van der Waals surface area contributed by atoms with E-state index in [0.717, 1.165) is 64.4 Å². The van der Waals surface area contributed by atoms with Crippen LogP contribution in [0, 0.1) is 0 Å². The molecule has 7 nitrogen and oxygen atoms in total. The van der Waals surface area contributed by atoms with Gasteiger partial charge in [-0.3, -0.25) is 9.69 Å². The molecule has 7 heteroatoms. The van der Waals surface area contributed by atoms with Gasteiger partial charge in [-0.25, -0.2) is 4.99 Å². The summed E-state index contributed by atoms with van der Waals surface area (Å²) in [5.74, 6) is 0.721. The minimum absolute atomic E-state index is 0.00120. The number of hydrogen-bond donors (Lipinski definition) is 2. The van der Waals surface area contributed by atoms with Gasteiger partial charge in [0.1, 0.15) is 6.54 Å². The van der Waals surface area contributed by atoms with E-state index in [0.29, 0.717) is 6.04 Å². The Kier molecular flexibility index (Phi) is 9.07. The standard InChI is InChI=1S/C20H37N5O2/c1-16(2)15-25-10-8-17(9-11-25)23-20(22-14-19(26)24(3)4)21-13-18-7-5-6-12-27-18/h17-18H,1,5-15H2,2-4H3,(H2,21,22,23). The zero-order chi connectivity index (χ0) is 19.6. The molecule has 0 aliphatic carbocycles. The monoisotopic (exact) mass is 379 g/mol. The van der Waals surface area contributed by atoms with E-state index >= 15 is 0 Å². The lowest BCUT2D eigenvalue weighted by Gasteiger charge is -2.33. The highest BCUT2D eigenvalue weighted by Gasteiger charge is 2.21. The Labute approximate surface area is 164 Å². The Hall–Kier alpha value is -1.60. The summed E-state index contributed by atoms with van der Waals surface area (Å²) in [7, 11) is 3.51. The molecule has 0 aromatic carbocycles. The Balaban J connectivity index is 1.86. The summed E-state index contributed by atoms with van der Waals surface area (Å²) in [5, 5.41) is 6.92. The third-order valence-electron chi connectivity index (χ3n) is 5.06. The average molecular weight is 380 g/mol. The van der Waals surface area contributed by atoms with Gasteiger partial charge in [0, 0.05) is 52.9 Å². The molecule has 2 aliphatic rings. The molecule has 2 saturated heterocycles. The first-order valence-electron chi connectivity index (χ1n) is 10.2. The highest BCUT2D eigenvalue weighted by atomic mass is 16.5. The summed E-state index contributed by atoms with van der Waals surface area (Å²) in [5.41, 5.74) is 1.21. The van der Waals surface area contributed by atoms with Crippen molar-refractivity contribution in [3.8, 4) is 0 Å². The van der Waals surface area contributed by atoms with Crippen molar-refractivity contribution in [1.29, 1.82) is 0 Å². The second-order valence-corrected chi connectivity index (χ2v) is 7.97. The first kappa shape index (κ1) is 21.7. The smallest absolute Gasteiger partial charge is 0.243 e. The summed E-state index contributed by atoms with van der Waals surface area (Å²) in [6.07, 6.45) is 5.80. The van der Waals surface area contributed by atoms with Gasteiger partial charge in [0.25, 0.3) is 0 Å². The Morgan fingerprint density at radius 1 is 1.26 bits per heavy atom. The van der Waals surface area contributed by atoms with Gasteiger partial charge >= 0.3 is 0 Å². The van der Waals surface area contributed by atoms with Crippen molar-refractivity contribution in [2.75, 3.05) is 53.4 Å². The third kappa shape index (κ3) is 8.30. The second-order valence-electron chi connectivity index (χ2n) is 7.97. The van der Waals surface area contributed by atoms with Crippen LogP contribution in [0.4, 0.5) is 0 Å². The molecule has 2 rings (SSSR count). The average Bonchev–Trinajstić information content (AvgIpc) is 2.65. The summed E-state index contributed by atoms with van der Waals surface area (Å²) < 4.78 is 5.80. The molecule has 2 heterocycles. The lowest BCUT2D eigenvalue weighted by molar-refractivity contribution is -0.127. The van der Waals surface area contributed by atoms with Crippen LogP contribution in [-0.4, -0.2) is 87.2 Å². The van der Waals surface area contributed by atoms with E-state index in [1.807, 2.05) is 0 Å². The van der Waals surface area contributed by atoms with Crippen LogP contribution in [0.3, 0.4) is 0 Å². The molecule has 2 fully saturated rings. The summed E-state index contributed by atoms with van der Waals surface area (Å²) in [6.45, 7) is 10.9. The number of rotatable bonds is 7. The van der Waals surface area contributed by atoms with Crippen LogP contribution in [0.15, 0.2) is 17.1 Å². The van der Waals surface area contributed by atoms with Crippen molar-refractivity contribution in [3.63, 3.8) is 0 Å². The number of amides is 1. The molecule has 0 radical (unpaired) electrons. The largest absolute Gasteiger partial charge is 0.376 e. The van der Waals surface area contributed by atoms with Gasteiger partial charge in [0.15, 0.2) is 5.96 Å². The van der Waals surface area contributed by atoms with Crippen molar-refractivity contribution < 1.29 is 9.53 Å². The molecule has 1 amide bonds. The van der Waals surface area contributed by atoms with Crippen molar-refractivity contribution in [1.82, 2.24) is 20.4 Å². The minimum Gasteiger partial charge on any atom is -0.376 e. The fourth-order valence-electron chi connectivity index (χ4n) is 3.43. The third-order valence-corrected chi connectivity index (χ3v) is 5.06. The molecule has 0 aromatic heterocycles. The van der Waals surface area contributed by atoms with Crippen LogP contribution in [0.1, 0.15) is 39.0 Å². The first-order chi connectivity index (χ1) is 12.9. The molecule has 0 bridgehead atoms. The van der Waals surface area contributed by atoms with E-state index in [-0.39, 0.29) is 18.6 Å². The summed E-state index contributed by atoms with van der Waals surface area (Å²) >= 11 is 0. The van der Waals surface area contributed by atoms with Gasteiger partial charge in [-0.05, 0) is 39.0 Å². The van der Waals surface area contributed by atoms with E-state index in [1.165, 1.54) is 12.0 Å². The van der Waals surface area contributed by atoms with Crippen LogP contribution in [0.25, 0.3) is 0 Å². The Morgan fingerprint density at radius 2 is 2.00 bits per heavy atom. The molecular weight excluding hydrogens is 342 g/mol. The number of likely N-dealkylation sites (N-methyl/N-ethyl adjacent to an activating group) is 1. The molecule has 2 aliphatic heterocycles. The number of nitrogens with zero attached hydrogens (tertiary/aromatic N) is 3. The highest BCUT2D eigenvalue weighted by Crippen LogP contribution is 2.13. The number of piperidine rings is 1. The number of aliphatic imine (C=N–C) groups is 1. The molecule has 1 unspecified atom stereocenters. The number of carbonyl (C=O) groups is 1. The zero-order valence-corrected chi connectivity index (χ0v) is 17.3. The number of ether oxygens (including phenoxy) is 1. The van der Waals surface area contributed by atoms with E-state index in [4.69, 9.17) is 4.74 Å². The predicted octanol–water partition coefficient (Wildman–Crippen LogP) is 1.22. The molecule has 1 atom stereocenters. The van der Waals surface area contributed by atoms with Crippen LogP contribution in [0.2, 0.25) is 0 Å². The van der Waals surface area contributed by atoms with Crippen LogP contribution < -0.4 is 10.6 Å². The van der Waals surface area contributed by atoms with E-state index in [9.17, 15) is 4.79 Å². The molecule has 0 spiro atoms. The number of carbonyl (C=O) groups excluding carboxylic acids is 1. The summed E-state index contributed by atoms with van der Waals surface area (Å²) in [4.78, 5) is 20.4. The van der Waals surface area contributed by atoms with Crippen molar-refractivity contribution in [3.05, 3.63) is 12.2 Å². The van der Waals surface area contributed by atoms with Crippen molar-refractivity contribution in [2.45, 2.75) is 51.2 Å². The minimum atomic E-state index is 0.00120. The van der Waals surface area contributed by atoms with Crippen LogP contribution in [0.5, 0.6) is 0 Å². The van der Waals surface area contributed by atoms with Crippen molar-refractivity contribution >= 4 is 11.9 Å². The number of likely N-dealkylation sites (tertiary alicyclic amines) is 1. The Morgan fingerprint density at radius 3 is 2.59 bits per heavy atom. The Bertz CT molecular complexity index is 507. The number of hydrogen-bond acceptors (Lipinski definition) is 4. The van der Waals surface area contributed by atoms with Crippen LogP contribution >= 0.6 is 0 Å². The molecular formula is C20H37N5O2. The number of nitrogens with one attached hydrogen (secondary N) is 2. The second kappa shape index (κ2) is 11.3. The van der Waals surface area contributed by atoms with Gasteiger partial charge in [0.2, 0.25) is 5.91 Å². The van der Waals surface area contributed by atoms with E-state index < -0.39 is 0 Å². The fraction of sp³-hybridized carbons (Fsp3) is 0.800. The SMILES string of the molecule is C=C(C)CN1CCC(NC(=NCC(=O)N(C)C)NCC2CCCCO2)CC1. The maximum atomic E-state index is 11.9. The van der Waals surface area contributed by atoms with Crippen LogP contribution in [-0.2, 0) is 9.53 Å². The lowest BCUT2D eigenvalue weighted by atomic mass is 10.0. The van der Waals surface area contributed by atoms with Crippen molar-refractivity contribution in [2.24, 2.45) is 4.99 Å². The maximum Gasteiger partial charge on any atom is 0.243 e. The van der Waals surface area contributed by atoms with E-state index in [1.54, 1.807) is 19.0 Å². The van der Waals surface area contributed by atoms with Gasteiger partial charge in [-0.2, -0.15) is 0 Å². The fourth-order valence-corrected chi connectivity index (χ4v) is 3.43. The quantitative estimate of drug-likeness (QED) is 0.395. The summed E-state index contributed by atoms with van der Waals surface area (Å²) in [6, 6.07) is 0.374. The normalized spacial score (nSPS) is 22.3. The molecule has 154 valence electrons. The lowest BCUT2D eigenvalue weighted by Crippen LogP contribution is -2.50. The van der Waals surface area contributed by atoms with Gasteiger partial charge in [0.05, 0.1) is 6.10 Å². The van der Waals surface area contributed by atoms with E-state index in [2.05, 4.69) is 34.0 Å². The van der Waals surface area contributed by atoms with Gasteiger partial charge in [-0.1, -0.05) is 12.2 Å².